The monoisotopic (exact) mass is 281 g/mol. The van der Waals surface area contributed by atoms with E-state index in [1.165, 1.54) is 5.56 Å². The number of aromatic amines is 1. The van der Waals surface area contributed by atoms with E-state index in [9.17, 15) is 5.11 Å². The maximum absolute atomic E-state index is 10.3. The first-order chi connectivity index (χ1) is 9.74. The average Bonchev–Trinajstić information content (AvgIpc) is 2.97. The molecule has 0 atom stereocenters. The lowest BCUT2D eigenvalue weighted by molar-refractivity contribution is 0.457. The molecule has 1 aliphatic rings. The van der Waals surface area contributed by atoms with E-state index in [-0.39, 0.29) is 5.88 Å². The van der Waals surface area contributed by atoms with Crippen LogP contribution in [-0.4, -0.2) is 10.1 Å². The van der Waals surface area contributed by atoms with E-state index in [1.807, 2.05) is 42.5 Å². The van der Waals surface area contributed by atoms with Crippen LogP contribution in [0.15, 0.2) is 48.5 Å². The van der Waals surface area contributed by atoms with E-state index in [4.69, 9.17) is 11.6 Å². The first kappa shape index (κ1) is 11.6. The molecule has 2 N–H and O–H groups in total. The summed E-state index contributed by atoms with van der Waals surface area (Å²) in [4.78, 5) is 3.03. The lowest BCUT2D eigenvalue weighted by Crippen LogP contribution is -1.86. The van der Waals surface area contributed by atoms with Gasteiger partial charge in [0.15, 0.2) is 5.88 Å². The molecule has 2 aromatic carbocycles. The van der Waals surface area contributed by atoms with Gasteiger partial charge in [0.25, 0.3) is 0 Å². The summed E-state index contributed by atoms with van der Waals surface area (Å²) >= 11 is 6.04. The second-order valence-corrected chi connectivity index (χ2v) is 5.45. The summed E-state index contributed by atoms with van der Waals surface area (Å²) < 4.78 is 0. The van der Waals surface area contributed by atoms with Crippen molar-refractivity contribution in [1.82, 2.24) is 4.98 Å². The molecule has 0 unspecified atom stereocenters. The van der Waals surface area contributed by atoms with Crippen molar-refractivity contribution < 1.29 is 5.11 Å². The van der Waals surface area contributed by atoms with Crippen LogP contribution in [0, 0.1) is 0 Å². The van der Waals surface area contributed by atoms with Crippen molar-refractivity contribution in [2.24, 2.45) is 0 Å². The van der Waals surface area contributed by atoms with Crippen LogP contribution in [0.5, 0.6) is 5.88 Å². The number of aromatic hydroxyl groups is 1. The minimum Gasteiger partial charge on any atom is -0.494 e. The van der Waals surface area contributed by atoms with E-state index in [2.05, 4.69) is 11.1 Å². The predicted molar refractivity (Wildman–Crippen MR) is 82.2 cm³/mol. The number of halogens is 1. The molecule has 3 heteroatoms. The fraction of sp³-hybridized carbons (Fsp3) is 0.0588. The van der Waals surface area contributed by atoms with Gasteiger partial charge in [0, 0.05) is 15.9 Å². The van der Waals surface area contributed by atoms with Gasteiger partial charge >= 0.3 is 0 Å². The Labute approximate surface area is 121 Å². The van der Waals surface area contributed by atoms with Gasteiger partial charge in [-0.3, -0.25) is 0 Å². The second-order valence-electron chi connectivity index (χ2n) is 5.02. The summed E-state index contributed by atoms with van der Waals surface area (Å²) in [5, 5.41) is 12.0. The molecule has 0 spiro atoms. The molecule has 0 saturated carbocycles. The summed E-state index contributed by atoms with van der Waals surface area (Å²) in [6.07, 6.45) is 3.00. The van der Waals surface area contributed by atoms with Gasteiger partial charge in [-0.25, -0.2) is 0 Å². The lowest BCUT2D eigenvalue weighted by Gasteiger charge is -2.06. The number of rotatable bonds is 1. The van der Waals surface area contributed by atoms with Gasteiger partial charge < -0.3 is 10.1 Å². The maximum Gasteiger partial charge on any atom is 0.197 e. The van der Waals surface area contributed by atoms with Gasteiger partial charge in [0.2, 0.25) is 0 Å². The zero-order valence-electron chi connectivity index (χ0n) is 10.7. The maximum atomic E-state index is 10.3. The minimum atomic E-state index is 0.222. The number of H-pyrrole nitrogens is 1. The SMILES string of the molecule is Oc1[nH]c2ccccc2c1C1=CCc2cc(Cl)ccc21. The number of hydrogen-bond acceptors (Lipinski definition) is 1. The van der Waals surface area contributed by atoms with Crippen LogP contribution in [0.3, 0.4) is 0 Å². The largest absolute Gasteiger partial charge is 0.494 e. The van der Waals surface area contributed by atoms with E-state index in [0.717, 1.165) is 39.0 Å². The highest BCUT2D eigenvalue weighted by atomic mass is 35.5. The normalized spacial score (nSPS) is 13.6. The highest BCUT2D eigenvalue weighted by Crippen LogP contribution is 2.41. The van der Waals surface area contributed by atoms with Gasteiger partial charge in [0.1, 0.15) is 0 Å². The topological polar surface area (TPSA) is 36.0 Å². The molecule has 98 valence electrons. The van der Waals surface area contributed by atoms with Crippen LogP contribution in [-0.2, 0) is 6.42 Å². The summed E-state index contributed by atoms with van der Waals surface area (Å²) in [6.45, 7) is 0. The molecule has 20 heavy (non-hydrogen) atoms. The zero-order chi connectivity index (χ0) is 13.7. The summed E-state index contributed by atoms with van der Waals surface area (Å²) in [6, 6.07) is 13.8. The Hall–Kier alpha value is -2.19. The number of nitrogens with one attached hydrogen (secondary N) is 1. The van der Waals surface area contributed by atoms with Gasteiger partial charge in [-0.05, 0) is 41.3 Å². The summed E-state index contributed by atoms with van der Waals surface area (Å²) in [7, 11) is 0. The Balaban J connectivity index is 1.97. The molecule has 0 aliphatic heterocycles. The van der Waals surface area contributed by atoms with E-state index >= 15 is 0 Å². The second kappa shape index (κ2) is 4.15. The molecule has 1 aromatic heterocycles. The quantitative estimate of drug-likeness (QED) is 0.676. The first-order valence-electron chi connectivity index (χ1n) is 6.53. The third-order valence-corrected chi connectivity index (χ3v) is 4.07. The number of para-hydroxylation sites is 1. The molecule has 4 rings (SSSR count). The van der Waals surface area contributed by atoms with Gasteiger partial charge in [0.05, 0.1) is 5.56 Å². The van der Waals surface area contributed by atoms with Crippen LogP contribution in [0.4, 0.5) is 0 Å². The van der Waals surface area contributed by atoms with Crippen LogP contribution in [0.2, 0.25) is 5.02 Å². The fourth-order valence-electron chi connectivity index (χ4n) is 2.95. The summed E-state index contributed by atoms with van der Waals surface area (Å²) in [5.74, 6) is 0.222. The first-order valence-corrected chi connectivity index (χ1v) is 6.91. The van der Waals surface area contributed by atoms with Crippen LogP contribution in [0.1, 0.15) is 16.7 Å². The standard InChI is InChI=1S/C17H12ClNO/c18-11-6-8-12-10(9-11)5-7-13(12)16-14-3-1-2-4-15(14)19-17(16)20/h1-4,6-9,19-20H,5H2. The van der Waals surface area contributed by atoms with Crippen molar-refractivity contribution in [3.63, 3.8) is 0 Å². The molecular formula is C17H12ClNO. The van der Waals surface area contributed by atoms with Crippen molar-refractivity contribution in [2.45, 2.75) is 6.42 Å². The Morgan fingerprint density at radius 2 is 1.95 bits per heavy atom. The number of fused-ring (bicyclic) bond motifs is 2. The number of allylic oxidation sites excluding steroid dienone is 1. The lowest BCUT2D eigenvalue weighted by atomic mass is 9.98. The third kappa shape index (κ3) is 1.58. The Morgan fingerprint density at radius 3 is 2.85 bits per heavy atom. The van der Waals surface area contributed by atoms with Crippen molar-refractivity contribution in [3.05, 3.63) is 70.3 Å². The van der Waals surface area contributed by atoms with Crippen LogP contribution >= 0.6 is 11.6 Å². The molecule has 3 aromatic rings. The molecule has 0 bridgehead atoms. The minimum absolute atomic E-state index is 0.222. The van der Waals surface area contributed by atoms with E-state index < -0.39 is 0 Å². The van der Waals surface area contributed by atoms with Gasteiger partial charge in [-0.2, -0.15) is 0 Å². The predicted octanol–water partition coefficient (Wildman–Crippen LogP) is 4.51. The molecular weight excluding hydrogens is 270 g/mol. The summed E-state index contributed by atoms with van der Waals surface area (Å²) in [5.41, 5.74) is 5.25. The van der Waals surface area contributed by atoms with Crippen LogP contribution in [0.25, 0.3) is 16.5 Å². The Bertz CT molecular complexity index is 861. The average molecular weight is 282 g/mol. The van der Waals surface area contributed by atoms with E-state index in [1.54, 1.807) is 0 Å². The fourth-order valence-corrected chi connectivity index (χ4v) is 3.15. The molecule has 0 amide bonds. The smallest absolute Gasteiger partial charge is 0.197 e. The van der Waals surface area contributed by atoms with Crippen molar-refractivity contribution in [2.75, 3.05) is 0 Å². The number of benzene rings is 2. The van der Waals surface area contributed by atoms with Crippen molar-refractivity contribution in [3.8, 4) is 5.88 Å². The van der Waals surface area contributed by atoms with Crippen molar-refractivity contribution in [1.29, 1.82) is 0 Å². The number of aromatic nitrogens is 1. The third-order valence-electron chi connectivity index (χ3n) is 3.84. The number of hydrogen-bond donors (Lipinski definition) is 2. The van der Waals surface area contributed by atoms with Crippen LogP contribution < -0.4 is 0 Å². The van der Waals surface area contributed by atoms with Gasteiger partial charge in [-0.1, -0.05) is 41.9 Å². The Morgan fingerprint density at radius 1 is 1.10 bits per heavy atom. The zero-order valence-corrected chi connectivity index (χ0v) is 11.4. The molecule has 1 heterocycles. The van der Waals surface area contributed by atoms with Crippen molar-refractivity contribution >= 4 is 28.1 Å². The highest BCUT2D eigenvalue weighted by Gasteiger charge is 2.21. The molecule has 0 radical (unpaired) electrons. The molecule has 2 nitrogen and oxygen atoms in total. The van der Waals surface area contributed by atoms with E-state index in [0.29, 0.717) is 0 Å². The Kier molecular flexibility index (Phi) is 2.41. The molecule has 0 fully saturated rings. The molecule has 1 aliphatic carbocycles. The highest BCUT2D eigenvalue weighted by molar-refractivity contribution is 6.30. The van der Waals surface area contributed by atoms with Gasteiger partial charge in [-0.15, -0.1) is 0 Å². The molecule has 0 saturated heterocycles.